The van der Waals surface area contributed by atoms with Gasteiger partial charge in [0.15, 0.2) is 5.96 Å². The third-order valence-corrected chi connectivity index (χ3v) is 4.23. The second-order valence-corrected chi connectivity index (χ2v) is 6.59. The summed E-state index contributed by atoms with van der Waals surface area (Å²) in [5, 5.41) is 9.66. The number of amides is 1. The lowest BCUT2D eigenvalue weighted by molar-refractivity contribution is 0.0939. The number of guanidine groups is 1. The Hall–Kier alpha value is -2.04. The van der Waals surface area contributed by atoms with E-state index in [1.165, 1.54) is 0 Å². The average Bonchev–Trinajstić information content (AvgIpc) is 2.58. The molecule has 0 bridgehead atoms. The number of hydrogen-bond acceptors (Lipinski definition) is 2. The molecule has 2 atom stereocenters. The summed E-state index contributed by atoms with van der Waals surface area (Å²) in [4.78, 5) is 16.5. The summed E-state index contributed by atoms with van der Waals surface area (Å²) >= 11 is 0. The maximum absolute atomic E-state index is 12.2. The molecular weight excluding hydrogens is 300 g/mol. The Morgan fingerprint density at radius 1 is 1.17 bits per heavy atom. The maximum atomic E-state index is 12.2. The van der Waals surface area contributed by atoms with Gasteiger partial charge in [-0.1, -0.05) is 32.9 Å². The summed E-state index contributed by atoms with van der Waals surface area (Å²) in [6.45, 7) is 11.2. The van der Waals surface area contributed by atoms with Crippen LogP contribution in [-0.2, 0) is 6.54 Å². The highest BCUT2D eigenvalue weighted by molar-refractivity contribution is 5.94. The number of carbonyl (C=O) groups excluding carboxylic acids is 1. The van der Waals surface area contributed by atoms with Crippen LogP contribution in [0.4, 0.5) is 0 Å². The molecule has 0 saturated heterocycles. The molecule has 0 aliphatic heterocycles. The van der Waals surface area contributed by atoms with Crippen molar-refractivity contribution in [3.63, 3.8) is 0 Å². The van der Waals surface area contributed by atoms with E-state index in [1.54, 1.807) is 7.05 Å². The van der Waals surface area contributed by atoms with Gasteiger partial charge in [-0.2, -0.15) is 0 Å². The van der Waals surface area contributed by atoms with Crippen molar-refractivity contribution in [2.24, 2.45) is 10.9 Å². The van der Waals surface area contributed by atoms with Gasteiger partial charge < -0.3 is 16.0 Å². The third kappa shape index (κ3) is 6.60. The number of benzene rings is 1. The fourth-order valence-corrected chi connectivity index (χ4v) is 1.99. The number of carbonyl (C=O) groups is 1. The Balaban J connectivity index is 2.65. The van der Waals surface area contributed by atoms with Crippen molar-refractivity contribution in [1.82, 2.24) is 16.0 Å². The Morgan fingerprint density at radius 2 is 1.88 bits per heavy atom. The van der Waals surface area contributed by atoms with Crippen molar-refractivity contribution in [2.45, 2.75) is 59.7 Å². The summed E-state index contributed by atoms with van der Waals surface area (Å²) in [5.41, 5.74) is 1.74. The number of hydrogen-bond donors (Lipinski definition) is 3. The van der Waals surface area contributed by atoms with E-state index in [0.717, 1.165) is 17.9 Å². The molecule has 0 radical (unpaired) electrons. The van der Waals surface area contributed by atoms with Crippen LogP contribution in [0.2, 0.25) is 0 Å². The minimum Gasteiger partial charge on any atom is -0.354 e. The van der Waals surface area contributed by atoms with E-state index in [4.69, 9.17) is 0 Å². The molecule has 5 heteroatoms. The van der Waals surface area contributed by atoms with Crippen molar-refractivity contribution in [1.29, 1.82) is 0 Å². The van der Waals surface area contributed by atoms with Crippen LogP contribution in [0, 0.1) is 5.92 Å². The Morgan fingerprint density at radius 3 is 2.46 bits per heavy atom. The molecule has 1 rings (SSSR count). The smallest absolute Gasteiger partial charge is 0.251 e. The van der Waals surface area contributed by atoms with Gasteiger partial charge in [-0.05, 0) is 43.9 Å². The molecule has 0 aliphatic carbocycles. The van der Waals surface area contributed by atoms with E-state index in [2.05, 4.69) is 48.6 Å². The molecule has 5 nitrogen and oxygen atoms in total. The quantitative estimate of drug-likeness (QED) is 0.531. The fourth-order valence-electron chi connectivity index (χ4n) is 1.99. The first-order chi connectivity index (χ1) is 11.4. The van der Waals surface area contributed by atoms with Gasteiger partial charge in [0.1, 0.15) is 0 Å². The molecule has 1 aromatic carbocycles. The minimum atomic E-state index is -0.0258. The zero-order chi connectivity index (χ0) is 18.1. The first kappa shape index (κ1) is 20.0. The van der Waals surface area contributed by atoms with Crippen LogP contribution in [0.3, 0.4) is 0 Å². The SMILES string of the molecule is CCC(C)NC(=O)c1cccc(CNC(=NC)NC(C)C(C)C)c1. The summed E-state index contributed by atoms with van der Waals surface area (Å²) < 4.78 is 0. The van der Waals surface area contributed by atoms with Gasteiger partial charge in [0.2, 0.25) is 0 Å². The first-order valence-corrected chi connectivity index (χ1v) is 8.74. The van der Waals surface area contributed by atoms with Crippen LogP contribution in [0.25, 0.3) is 0 Å². The van der Waals surface area contributed by atoms with E-state index < -0.39 is 0 Å². The lowest BCUT2D eigenvalue weighted by Crippen LogP contribution is -2.43. The van der Waals surface area contributed by atoms with Gasteiger partial charge in [-0.25, -0.2) is 0 Å². The number of aliphatic imine (C=N–C) groups is 1. The monoisotopic (exact) mass is 332 g/mol. The van der Waals surface area contributed by atoms with Gasteiger partial charge in [-0.3, -0.25) is 9.79 Å². The number of rotatable bonds is 7. The van der Waals surface area contributed by atoms with Crippen LogP contribution in [0.15, 0.2) is 29.3 Å². The fraction of sp³-hybridized carbons (Fsp3) is 0.579. The standard InChI is InChI=1S/C19H32N4O/c1-7-14(4)22-18(24)17-10-8-9-16(11-17)12-21-19(20-6)23-15(5)13(2)3/h8-11,13-15H,7,12H2,1-6H3,(H,22,24)(H2,20,21,23). The zero-order valence-electron chi connectivity index (χ0n) is 15.8. The Labute approximate surface area is 146 Å². The van der Waals surface area contributed by atoms with E-state index in [1.807, 2.05) is 31.2 Å². The predicted octanol–water partition coefficient (Wildman–Crippen LogP) is 2.92. The minimum absolute atomic E-state index is 0.0258. The molecule has 1 amide bonds. The summed E-state index contributed by atoms with van der Waals surface area (Å²) in [5.74, 6) is 1.27. The van der Waals surface area contributed by atoms with Gasteiger partial charge in [0, 0.05) is 31.2 Å². The van der Waals surface area contributed by atoms with Crippen LogP contribution >= 0.6 is 0 Å². The average molecular weight is 332 g/mol. The summed E-state index contributed by atoms with van der Waals surface area (Å²) in [6.07, 6.45) is 0.920. The van der Waals surface area contributed by atoms with Gasteiger partial charge in [0.05, 0.1) is 0 Å². The molecule has 134 valence electrons. The lowest BCUT2D eigenvalue weighted by Gasteiger charge is -2.20. The topological polar surface area (TPSA) is 65.5 Å². The molecule has 2 unspecified atom stereocenters. The van der Waals surface area contributed by atoms with Crippen molar-refractivity contribution >= 4 is 11.9 Å². The van der Waals surface area contributed by atoms with Gasteiger partial charge in [0.25, 0.3) is 5.91 Å². The van der Waals surface area contributed by atoms with Crippen LogP contribution < -0.4 is 16.0 Å². The third-order valence-electron chi connectivity index (χ3n) is 4.23. The normalized spacial score (nSPS) is 14.2. The first-order valence-electron chi connectivity index (χ1n) is 8.74. The maximum Gasteiger partial charge on any atom is 0.251 e. The highest BCUT2D eigenvalue weighted by Crippen LogP contribution is 2.06. The summed E-state index contributed by atoms with van der Waals surface area (Å²) in [6, 6.07) is 8.20. The van der Waals surface area contributed by atoms with E-state index in [0.29, 0.717) is 24.1 Å². The lowest BCUT2D eigenvalue weighted by atomic mass is 10.1. The highest BCUT2D eigenvalue weighted by Gasteiger charge is 2.10. The molecule has 24 heavy (non-hydrogen) atoms. The van der Waals surface area contributed by atoms with Crippen molar-refractivity contribution < 1.29 is 4.79 Å². The molecule has 0 aliphatic rings. The second kappa shape index (κ2) is 9.96. The zero-order valence-corrected chi connectivity index (χ0v) is 15.8. The van der Waals surface area contributed by atoms with Crippen LogP contribution in [-0.4, -0.2) is 31.0 Å². The van der Waals surface area contributed by atoms with Crippen LogP contribution in [0.5, 0.6) is 0 Å². The molecule has 0 saturated carbocycles. The molecular formula is C19H32N4O. The number of nitrogens with zero attached hydrogens (tertiary/aromatic N) is 1. The highest BCUT2D eigenvalue weighted by atomic mass is 16.1. The molecule has 0 spiro atoms. The summed E-state index contributed by atoms with van der Waals surface area (Å²) in [7, 11) is 1.76. The number of nitrogens with one attached hydrogen (secondary N) is 3. The second-order valence-electron chi connectivity index (χ2n) is 6.59. The van der Waals surface area contributed by atoms with Crippen molar-refractivity contribution in [2.75, 3.05) is 7.05 Å². The van der Waals surface area contributed by atoms with E-state index in [-0.39, 0.29) is 11.9 Å². The van der Waals surface area contributed by atoms with E-state index in [9.17, 15) is 4.79 Å². The molecule has 0 heterocycles. The van der Waals surface area contributed by atoms with Gasteiger partial charge >= 0.3 is 0 Å². The molecule has 1 aromatic rings. The Kier molecular flexibility index (Phi) is 8.30. The van der Waals surface area contributed by atoms with Crippen LogP contribution in [0.1, 0.15) is 57.0 Å². The molecule has 0 aromatic heterocycles. The van der Waals surface area contributed by atoms with Crippen molar-refractivity contribution in [3.8, 4) is 0 Å². The molecule has 0 fully saturated rings. The van der Waals surface area contributed by atoms with Crippen molar-refractivity contribution in [3.05, 3.63) is 35.4 Å². The van der Waals surface area contributed by atoms with Gasteiger partial charge in [-0.15, -0.1) is 0 Å². The molecule has 3 N–H and O–H groups in total. The predicted molar refractivity (Wildman–Crippen MR) is 101 cm³/mol. The Bertz CT molecular complexity index is 554. The van der Waals surface area contributed by atoms with E-state index >= 15 is 0 Å². The largest absolute Gasteiger partial charge is 0.354 e.